The van der Waals surface area contributed by atoms with E-state index in [-0.39, 0.29) is 32.6 Å². The van der Waals surface area contributed by atoms with Gasteiger partial charge in [-0.15, -0.1) is 0 Å². The van der Waals surface area contributed by atoms with Gasteiger partial charge in [0.25, 0.3) is 15.9 Å². The van der Waals surface area contributed by atoms with Crippen molar-refractivity contribution in [1.82, 2.24) is 0 Å². The second kappa shape index (κ2) is 7.67. The lowest BCUT2D eigenvalue weighted by Crippen LogP contribution is -2.38. The smallest absolute Gasteiger partial charge is 0.265 e. The summed E-state index contributed by atoms with van der Waals surface area (Å²) in [6.45, 7) is 3.88. The number of anilines is 2. The van der Waals surface area contributed by atoms with Crippen LogP contribution in [0, 0.1) is 17.6 Å². The third-order valence-electron chi connectivity index (χ3n) is 4.00. The average Bonchev–Trinajstić information content (AvgIpc) is 2.58. The molecule has 0 radical (unpaired) electrons. The summed E-state index contributed by atoms with van der Waals surface area (Å²) in [4.78, 5) is 12.0. The predicted octanol–water partition coefficient (Wildman–Crippen LogP) is 4.27. The van der Waals surface area contributed by atoms with Crippen molar-refractivity contribution in [2.75, 3.05) is 10.0 Å². The third-order valence-corrected chi connectivity index (χ3v) is 6.34. The molecule has 0 fully saturated rings. The molecule has 0 aliphatic carbocycles. The number of benzene rings is 2. The number of rotatable bonds is 5. The number of carbonyl (C=O) groups excluding carboxylic acids is 1. The zero-order valence-corrected chi connectivity index (χ0v) is 17.3. The van der Waals surface area contributed by atoms with Crippen molar-refractivity contribution in [2.45, 2.75) is 31.3 Å². The Balaban J connectivity index is 1.94. The van der Waals surface area contributed by atoms with Gasteiger partial charge in [0.2, 0.25) is 0 Å². The minimum absolute atomic E-state index is 0.129. The van der Waals surface area contributed by atoms with Gasteiger partial charge in [0.05, 0.1) is 11.4 Å². The van der Waals surface area contributed by atoms with Crippen LogP contribution in [0.2, 0.25) is 0 Å². The fourth-order valence-corrected chi connectivity index (χ4v) is 4.82. The van der Waals surface area contributed by atoms with Crippen LogP contribution < -0.4 is 14.8 Å². The molecule has 150 valence electrons. The quantitative estimate of drug-likeness (QED) is 0.677. The molecule has 3 rings (SSSR count). The van der Waals surface area contributed by atoms with Crippen LogP contribution in [0.4, 0.5) is 20.2 Å². The number of nitrogens with one attached hydrogen (secondary N) is 2. The zero-order valence-electron chi connectivity index (χ0n) is 14.9. The minimum atomic E-state index is -4.14. The molecule has 0 saturated carbocycles. The number of sulfonamides is 1. The number of ether oxygens (including phenoxy) is 1. The maximum atomic E-state index is 13.4. The van der Waals surface area contributed by atoms with Crippen LogP contribution in [-0.2, 0) is 14.8 Å². The molecule has 1 heterocycles. The average molecular weight is 475 g/mol. The summed E-state index contributed by atoms with van der Waals surface area (Å²) in [6.07, 6.45) is -0.264. The maximum Gasteiger partial charge on any atom is 0.265 e. The Hall–Kier alpha value is -2.20. The first-order valence-corrected chi connectivity index (χ1v) is 10.6. The molecule has 6 nitrogen and oxygen atoms in total. The molecular weight excluding hydrogens is 458 g/mol. The van der Waals surface area contributed by atoms with E-state index < -0.39 is 27.8 Å². The van der Waals surface area contributed by atoms with Gasteiger partial charge in [0.1, 0.15) is 10.6 Å². The maximum absolute atomic E-state index is 13.4. The first kappa shape index (κ1) is 20.5. The van der Waals surface area contributed by atoms with Gasteiger partial charge in [0, 0.05) is 16.6 Å². The summed E-state index contributed by atoms with van der Waals surface area (Å²) in [5, 5.41) is 2.70. The standard InChI is InChI=1S/C18H17BrF2N2O4S/c1-9(2)5-16-18(24)22-14-7-11(19)17(8-15(14)27-16)28(25,26)23-10-3-4-12(20)13(21)6-10/h3-4,6-9,16,23H,5H2,1-2H3,(H,22,24). The van der Waals surface area contributed by atoms with Crippen molar-refractivity contribution in [1.29, 1.82) is 0 Å². The van der Waals surface area contributed by atoms with E-state index in [2.05, 4.69) is 26.0 Å². The van der Waals surface area contributed by atoms with Gasteiger partial charge < -0.3 is 10.1 Å². The van der Waals surface area contributed by atoms with Gasteiger partial charge in [-0.25, -0.2) is 17.2 Å². The molecule has 2 aromatic rings. The predicted molar refractivity (Wildman–Crippen MR) is 104 cm³/mol. The van der Waals surface area contributed by atoms with Crippen molar-refractivity contribution < 1.29 is 26.7 Å². The first-order valence-electron chi connectivity index (χ1n) is 8.36. The largest absolute Gasteiger partial charge is 0.478 e. The molecule has 1 aliphatic heterocycles. The Morgan fingerprint density at radius 3 is 2.57 bits per heavy atom. The summed E-state index contributed by atoms with van der Waals surface area (Å²) >= 11 is 3.17. The second-order valence-electron chi connectivity index (χ2n) is 6.74. The highest BCUT2D eigenvalue weighted by Crippen LogP contribution is 2.38. The Labute approximate surface area is 169 Å². The molecule has 0 aromatic heterocycles. The molecule has 28 heavy (non-hydrogen) atoms. The summed E-state index contributed by atoms with van der Waals surface area (Å²) in [7, 11) is -4.14. The monoisotopic (exact) mass is 474 g/mol. The van der Waals surface area contributed by atoms with E-state index >= 15 is 0 Å². The van der Waals surface area contributed by atoms with Crippen LogP contribution >= 0.6 is 15.9 Å². The highest BCUT2D eigenvalue weighted by atomic mass is 79.9. The number of hydrogen-bond acceptors (Lipinski definition) is 4. The molecule has 1 atom stereocenters. The van der Waals surface area contributed by atoms with E-state index in [1.54, 1.807) is 0 Å². The molecule has 1 amide bonds. The van der Waals surface area contributed by atoms with Crippen molar-refractivity contribution >= 4 is 43.2 Å². The van der Waals surface area contributed by atoms with Gasteiger partial charge >= 0.3 is 0 Å². The Morgan fingerprint density at radius 1 is 1.21 bits per heavy atom. The van der Waals surface area contributed by atoms with E-state index in [0.29, 0.717) is 12.1 Å². The van der Waals surface area contributed by atoms with Crippen molar-refractivity contribution in [3.05, 3.63) is 46.4 Å². The van der Waals surface area contributed by atoms with Crippen molar-refractivity contribution in [3.8, 4) is 5.75 Å². The van der Waals surface area contributed by atoms with Gasteiger partial charge in [-0.1, -0.05) is 13.8 Å². The topological polar surface area (TPSA) is 84.5 Å². The van der Waals surface area contributed by atoms with Crippen LogP contribution in [0.5, 0.6) is 5.75 Å². The minimum Gasteiger partial charge on any atom is -0.478 e. The molecule has 1 unspecified atom stereocenters. The van der Waals surface area contributed by atoms with Gasteiger partial charge in [0.15, 0.2) is 17.7 Å². The van der Waals surface area contributed by atoms with Gasteiger partial charge in [-0.2, -0.15) is 0 Å². The fraction of sp³-hybridized carbons (Fsp3) is 0.278. The highest BCUT2D eigenvalue weighted by molar-refractivity contribution is 9.10. The summed E-state index contributed by atoms with van der Waals surface area (Å²) in [5.74, 6) is -2.15. The van der Waals surface area contributed by atoms with Gasteiger partial charge in [-0.3, -0.25) is 9.52 Å². The summed E-state index contributed by atoms with van der Waals surface area (Å²) in [5.41, 5.74) is 0.207. The number of fused-ring (bicyclic) bond motifs is 1. The van der Waals surface area contributed by atoms with E-state index in [0.717, 1.165) is 18.2 Å². The Bertz CT molecular complexity index is 1040. The fourth-order valence-electron chi connectivity index (χ4n) is 2.71. The van der Waals surface area contributed by atoms with Crippen LogP contribution in [0.15, 0.2) is 39.7 Å². The summed E-state index contributed by atoms with van der Waals surface area (Å²) < 4.78 is 59.9. The number of halogens is 3. The highest BCUT2D eigenvalue weighted by Gasteiger charge is 2.31. The van der Waals surface area contributed by atoms with E-state index in [1.165, 1.54) is 12.1 Å². The molecule has 0 bridgehead atoms. The number of amides is 1. The molecule has 0 spiro atoms. The first-order chi connectivity index (χ1) is 13.1. The number of hydrogen-bond donors (Lipinski definition) is 2. The van der Waals surface area contributed by atoms with Gasteiger partial charge in [-0.05, 0) is 46.5 Å². The molecular formula is C18H17BrF2N2O4S. The zero-order chi connectivity index (χ0) is 20.6. The molecule has 2 N–H and O–H groups in total. The number of carbonyl (C=O) groups is 1. The van der Waals surface area contributed by atoms with Crippen LogP contribution in [0.3, 0.4) is 0 Å². The summed E-state index contributed by atoms with van der Waals surface area (Å²) in [6, 6.07) is 5.36. The van der Waals surface area contributed by atoms with Crippen molar-refractivity contribution in [3.63, 3.8) is 0 Å². The molecule has 0 saturated heterocycles. The second-order valence-corrected chi connectivity index (χ2v) is 9.24. The van der Waals surface area contributed by atoms with Crippen LogP contribution in [0.25, 0.3) is 0 Å². The SMILES string of the molecule is CC(C)CC1Oc2cc(S(=O)(=O)Nc3ccc(F)c(F)c3)c(Br)cc2NC1=O. The Morgan fingerprint density at radius 2 is 1.93 bits per heavy atom. The van der Waals surface area contributed by atoms with Crippen molar-refractivity contribution in [2.24, 2.45) is 5.92 Å². The van der Waals surface area contributed by atoms with E-state index in [1.807, 2.05) is 13.8 Å². The van der Waals surface area contributed by atoms with Crippen LogP contribution in [0.1, 0.15) is 20.3 Å². The molecule has 10 heteroatoms. The third kappa shape index (κ3) is 4.27. The lowest BCUT2D eigenvalue weighted by Gasteiger charge is -2.27. The lowest BCUT2D eigenvalue weighted by atomic mass is 10.0. The Kier molecular flexibility index (Phi) is 5.62. The van der Waals surface area contributed by atoms with Crippen LogP contribution in [-0.4, -0.2) is 20.4 Å². The molecule has 2 aromatic carbocycles. The van der Waals surface area contributed by atoms with E-state index in [9.17, 15) is 22.0 Å². The normalized spacial score (nSPS) is 16.4. The lowest BCUT2D eigenvalue weighted by molar-refractivity contribution is -0.124. The van der Waals surface area contributed by atoms with E-state index in [4.69, 9.17) is 4.74 Å². The molecule has 1 aliphatic rings.